The Bertz CT molecular complexity index is 1580. The van der Waals surface area contributed by atoms with Gasteiger partial charge in [-0.05, 0) is 61.8 Å². The Labute approximate surface area is 256 Å². The lowest BCUT2D eigenvalue weighted by Crippen LogP contribution is -2.31. The number of rotatable bonds is 10. The number of hydrogen-bond acceptors (Lipinski definition) is 10. The van der Waals surface area contributed by atoms with Gasteiger partial charge in [0, 0.05) is 30.3 Å². The average molecular weight is 629 g/mol. The third-order valence-electron chi connectivity index (χ3n) is 7.90. The summed E-state index contributed by atoms with van der Waals surface area (Å²) in [5, 5.41) is 16.6. The monoisotopic (exact) mass is 628 g/mol. The van der Waals surface area contributed by atoms with Crippen LogP contribution in [-0.4, -0.2) is 61.5 Å². The lowest BCUT2D eigenvalue weighted by atomic mass is 10.0. The summed E-state index contributed by atoms with van der Waals surface area (Å²) in [6.07, 6.45) is 12.6. The first kappa shape index (κ1) is 29.9. The number of carbonyl (C=O) groups excluding carboxylic acids is 1. The molecule has 0 unspecified atom stereocenters. The van der Waals surface area contributed by atoms with Crippen molar-refractivity contribution in [1.82, 2.24) is 19.5 Å². The Balaban J connectivity index is 1.10. The second kappa shape index (κ2) is 12.9. The van der Waals surface area contributed by atoms with Gasteiger partial charge >= 0.3 is 12.6 Å². The zero-order chi connectivity index (χ0) is 30.8. The molecule has 14 heteroatoms. The van der Waals surface area contributed by atoms with Crippen molar-refractivity contribution < 1.29 is 28.2 Å². The minimum absolute atomic E-state index is 0.0229. The average Bonchev–Trinajstić information content (AvgIpc) is 3.74. The molecule has 0 amide bonds. The summed E-state index contributed by atoms with van der Waals surface area (Å²) < 4.78 is 35.7. The quantitative estimate of drug-likeness (QED) is 0.271. The molecule has 2 aliphatic carbocycles. The van der Waals surface area contributed by atoms with E-state index in [0.29, 0.717) is 29.4 Å². The molecule has 11 nitrogen and oxygen atoms in total. The van der Waals surface area contributed by atoms with Crippen molar-refractivity contribution in [3.05, 3.63) is 69.5 Å². The van der Waals surface area contributed by atoms with E-state index in [2.05, 4.69) is 30.3 Å². The van der Waals surface area contributed by atoms with Gasteiger partial charge in [-0.25, -0.2) is 15.0 Å². The number of ether oxygens (including phenoxy) is 2. The van der Waals surface area contributed by atoms with Crippen molar-refractivity contribution in [3.63, 3.8) is 0 Å². The van der Waals surface area contributed by atoms with Gasteiger partial charge < -0.3 is 25.2 Å². The molecular formula is C30H31ClF2N6O5. The van der Waals surface area contributed by atoms with E-state index in [-0.39, 0.29) is 40.8 Å². The smallest absolute Gasteiger partial charge is 0.387 e. The van der Waals surface area contributed by atoms with Crippen LogP contribution in [0.25, 0.3) is 11.8 Å². The van der Waals surface area contributed by atoms with Gasteiger partial charge in [0.15, 0.2) is 5.75 Å². The van der Waals surface area contributed by atoms with Gasteiger partial charge in [-0.15, -0.1) is 0 Å². The van der Waals surface area contributed by atoms with Crippen LogP contribution in [0.4, 0.5) is 20.5 Å². The number of cyclic esters (lactones) is 1. The van der Waals surface area contributed by atoms with Crippen LogP contribution in [0.5, 0.6) is 5.75 Å². The number of carbonyl (C=O) groups is 1. The highest BCUT2D eigenvalue weighted by Crippen LogP contribution is 2.43. The first-order chi connectivity index (χ1) is 21.2. The summed E-state index contributed by atoms with van der Waals surface area (Å²) in [7, 11) is 0. The van der Waals surface area contributed by atoms with E-state index in [1.165, 1.54) is 17.0 Å². The van der Waals surface area contributed by atoms with Crippen LogP contribution in [-0.2, 0) is 9.53 Å². The van der Waals surface area contributed by atoms with Crippen molar-refractivity contribution in [1.29, 1.82) is 0 Å². The van der Waals surface area contributed by atoms with Crippen molar-refractivity contribution in [2.24, 2.45) is 0 Å². The molecule has 232 valence electrons. The Morgan fingerprint density at radius 2 is 1.80 bits per heavy atom. The SMILES string of the molecule is O=C1C[C@H](O)C[C@@H](/C=C/c2c(C3CC3)cn(-c3ccc(N[C@H]4CC[C@H](Nc5ncc(OC(F)F)cn5)C4)nc3)c(=O)c2Cl)O1. The molecule has 6 rings (SSSR count). The highest BCUT2D eigenvalue weighted by Gasteiger charge is 2.30. The fraction of sp³-hybridized carbons (Fsp3) is 0.433. The molecule has 3 N–H and O–H groups in total. The highest BCUT2D eigenvalue weighted by atomic mass is 35.5. The Morgan fingerprint density at radius 1 is 1.05 bits per heavy atom. The number of anilines is 2. The van der Waals surface area contributed by atoms with Crippen molar-refractivity contribution >= 4 is 35.4 Å². The predicted octanol–water partition coefficient (Wildman–Crippen LogP) is 4.68. The largest absolute Gasteiger partial charge is 0.458 e. The molecule has 4 heterocycles. The van der Waals surface area contributed by atoms with Crippen LogP contribution >= 0.6 is 11.6 Å². The van der Waals surface area contributed by atoms with E-state index >= 15 is 0 Å². The number of aliphatic hydroxyl groups is 1. The molecule has 3 fully saturated rings. The molecule has 4 atom stereocenters. The van der Waals surface area contributed by atoms with E-state index in [1.807, 2.05) is 12.1 Å². The van der Waals surface area contributed by atoms with Crippen molar-refractivity contribution in [3.8, 4) is 11.4 Å². The summed E-state index contributed by atoms with van der Waals surface area (Å²) in [6.45, 7) is -2.93. The first-order valence-corrected chi connectivity index (χ1v) is 14.9. The van der Waals surface area contributed by atoms with E-state index in [1.54, 1.807) is 24.5 Å². The highest BCUT2D eigenvalue weighted by molar-refractivity contribution is 6.32. The minimum atomic E-state index is -2.93. The van der Waals surface area contributed by atoms with Gasteiger partial charge in [-0.1, -0.05) is 17.7 Å². The maximum absolute atomic E-state index is 13.3. The second-order valence-electron chi connectivity index (χ2n) is 11.3. The molecule has 0 spiro atoms. The number of nitrogens with one attached hydrogen (secondary N) is 2. The third-order valence-corrected chi connectivity index (χ3v) is 8.27. The van der Waals surface area contributed by atoms with Crippen LogP contribution in [0.3, 0.4) is 0 Å². The van der Waals surface area contributed by atoms with Gasteiger partial charge in [0.05, 0.1) is 36.8 Å². The summed E-state index contributed by atoms with van der Waals surface area (Å²) in [6, 6.07) is 3.86. The van der Waals surface area contributed by atoms with Gasteiger partial charge in [-0.2, -0.15) is 8.78 Å². The number of hydrogen-bond donors (Lipinski definition) is 3. The lowest BCUT2D eigenvalue weighted by Gasteiger charge is -2.23. The van der Waals surface area contributed by atoms with Crippen LogP contribution < -0.4 is 20.9 Å². The van der Waals surface area contributed by atoms with Crippen molar-refractivity contribution in [2.75, 3.05) is 10.6 Å². The van der Waals surface area contributed by atoms with Gasteiger partial charge in [0.25, 0.3) is 5.56 Å². The number of halogens is 3. The lowest BCUT2D eigenvalue weighted by molar-refractivity contribution is -0.156. The number of esters is 1. The van der Waals surface area contributed by atoms with Crippen LogP contribution in [0.2, 0.25) is 5.02 Å². The minimum Gasteiger partial charge on any atom is -0.458 e. The standard InChI is InChI=1S/C30H31ClF2N6O5/c31-27-23(7-6-21-10-20(40)11-26(41)43-21)24(16-1-2-16)15-39(28(27)42)19-5-8-25(34-12-19)37-17-3-4-18(9-17)38-30-35-13-22(14-36-30)44-29(32)33/h5-8,12-18,20-21,29,40H,1-4,9-11H2,(H,34,37)(H,35,36,38)/b7-6+/t17-,18-,20+,21+/m0/s1. The first-order valence-electron chi connectivity index (χ1n) is 14.5. The van der Waals surface area contributed by atoms with E-state index in [0.717, 1.165) is 37.7 Å². The summed E-state index contributed by atoms with van der Waals surface area (Å²) in [5.41, 5.74) is 1.72. The molecule has 0 bridgehead atoms. The van der Waals surface area contributed by atoms with E-state index in [9.17, 15) is 23.5 Å². The fourth-order valence-corrected chi connectivity index (χ4v) is 5.89. The number of alkyl halides is 2. The number of pyridine rings is 2. The topological polar surface area (TPSA) is 140 Å². The molecule has 3 aromatic rings. The zero-order valence-corrected chi connectivity index (χ0v) is 24.3. The molecule has 1 aliphatic heterocycles. The van der Waals surface area contributed by atoms with Crippen LogP contribution in [0, 0.1) is 0 Å². The molecule has 3 aromatic heterocycles. The van der Waals surface area contributed by atoms with Gasteiger partial charge in [0.1, 0.15) is 16.9 Å². The van der Waals surface area contributed by atoms with Crippen LogP contribution in [0.15, 0.2) is 47.8 Å². The number of aromatic nitrogens is 4. The summed E-state index contributed by atoms with van der Waals surface area (Å²) >= 11 is 6.62. The molecule has 3 aliphatic rings. The molecule has 1 saturated heterocycles. The van der Waals surface area contributed by atoms with E-state index in [4.69, 9.17) is 16.3 Å². The Kier molecular flexibility index (Phi) is 8.76. The predicted molar refractivity (Wildman–Crippen MR) is 158 cm³/mol. The maximum atomic E-state index is 13.3. The zero-order valence-electron chi connectivity index (χ0n) is 23.5. The number of aliphatic hydroxyl groups excluding tert-OH is 1. The number of nitrogens with zero attached hydrogens (tertiary/aromatic N) is 4. The maximum Gasteiger partial charge on any atom is 0.387 e. The molecule has 0 aromatic carbocycles. The normalized spacial score (nSPS) is 23.6. The second-order valence-corrected chi connectivity index (χ2v) is 11.6. The Hall–Kier alpha value is -4.10. The summed E-state index contributed by atoms with van der Waals surface area (Å²) in [4.78, 5) is 37.6. The summed E-state index contributed by atoms with van der Waals surface area (Å²) in [5.74, 6) is 0.712. The molecule has 2 saturated carbocycles. The molecule has 44 heavy (non-hydrogen) atoms. The Morgan fingerprint density at radius 3 is 2.45 bits per heavy atom. The van der Waals surface area contributed by atoms with Crippen molar-refractivity contribution in [2.45, 2.75) is 81.8 Å². The fourth-order valence-electron chi connectivity index (χ4n) is 5.63. The molecular weight excluding hydrogens is 598 g/mol. The third kappa shape index (κ3) is 7.16. The van der Waals surface area contributed by atoms with Gasteiger partial charge in [-0.3, -0.25) is 14.2 Å². The van der Waals surface area contributed by atoms with Gasteiger partial charge in [0.2, 0.25) is 5.95 Å². The van der Waals surface area contributed by atoms with Crippen LogP contribution in [0.1, 0.15) is 62.0 Å². The van der Waals surface area contributed by atoms with E-state index < -0.39 is 24.8 Å². The molecule has 0 radical (unpaired) electrons.